The molecule has 0 bridgehead atoms. The molecule has 0 saturated heterocycles. The van der Waals surface area contributed by atoms with E-state index in [2.05, 4.69) is 103 Å². The minimum absolute atomic E-state index is 0.0120. The summed E-state index contributed by atoms with van der Waals surface area (Å²) in [6.45, 7) is 17.2. The molecule has 1 heterocycles. The van der Waals surface area contributed by atoms with Gasteiger partial charge in [-0.15, -0.1) is 0 Å². The SMILES string of the molecule is Cc1cc(C)c2c(c1)C(C)(C)C[C@]21CC(C)(C)c2cc(C)cc(C3=N[C@@H](Cc4ccccc4)CO3)c21. The lowest BCUT2D eigenvalue weighted by atomic mass is 9.70. The molecule has 1 spiro atoms. The van der Waals surface area contributed by atoms with Gasteiger partial charge in [-0.25, -0.2) is 4.99 Å². The van der Waals surface area contributed by atoms with Crippen molar-refractivity contribution in [3.63, 3.8) is 0 Å². The molecule has 2 aliphatic carbocycles. The van der Waals surface area contributed by atoms with Crippen LogP contribution in [0.4, 0.5) is 0 Å². The minimum atomic E-state index is -0.0120. The lowest BCUT2D eigenvalue weighted by molar-refractivity contribution is 0.315. The third-order valence-corrected chi connectivity index (χ3v) is 8.92. The first-order chi connectivity index (χ1) is 17.0. The first-order valence-corrected chi connectivity index (χ1v) is 13.5. The maximum Gasteiger partial charge on any atom is 0.216 e. The normalized spacial score (nSPS) is 25.0. The molecule has 0 amide bonds. The maximum absolute atomic E-state index is 6.41. The number of hydrogen-bond donors (Lipinski definition) is 0. The van der Waals surface area contributed by atoms with Crippen LogP contribution in [0.2, 0.25) is 0 Å². The van der Waals surface area contributed by atoms with Crippen molar-refractivity contribution in [2.75, 3.05) is 6.61 Å². The predicted molar refractivity (Wildman–Crippen MR) is 150 cm³/mol. The smallest absolute Gasteiger partial charge is 0.216 e. The Hall–Kier alpha value is -2.87. The molecule has 2 nitrogen and oxygen atoms in total. The van der Waals surface area contributed by atoms with E-state index in [-0.39, 0.29) is 22.3 Å². The Morgan fingerprint density at radius 3 is 2.08 bits per heavy atom. The third kappa shape index (κ3) is 3.48. The molecule has 3 aromatic carbocycles. The van der Waals surface area contributed by atoms with Gasteiger partial charge in [-0.3, -0.25) is 0 Å². The number of rotatable bonds is 3. The monoisotopic (exact) mass is 477 g/mol. The van der Waals surface area contributed by atoms with Gasteiger partial charge in [0.1, 0.15) is 6.61 Å². The highest BCUT2D eigenvalue weighted by molar-refractivity contribution is 5.98. The predicted octanol–water partition coefficient (Wildman–Crippen LogP) is 7.65. The van der Waals surface area contributed by atoms with Gasteiger partial charge in [0.2, 0.25) is 5.90 Å². The van der Waals surface area contributed by atoms with Gasteiger partial charge in [0.25, 0.3) is 0 Å². The highest BCUT2D eigenvalue weighted by Gasteiger charge is 2.58. The molecule has 0 unspecified atom stereocenters. The number of fused-ring (bicyclic) bond motifs is 4. The average molecular weight is 478 g/mol. The van der Waals surface area contributed by atoms with Crippen molar-refractivity contribution >= 4 is 5.90 Å². The molecule has 2 atom stereocenters. The largest absolute Gasteiger partial charge is 0.475 e. The van der Waals surface area contributed by atoms with Crippen molar-refractivity contribution < 1.29 is 4.74 Å². The number of aliphatic imine (C=N–C) groups is 1. The van der Waals surface area contributed by atoms with Crippen molar-refractivity contribution in [3.8, 4) is 0 Å². The highest BCUT2D eigenvalue weighted by Crippen LogP contribution is 2.64. The second-order valence-electron chi connectivity index (χ2n) is 13.0. The van der Waals surface area contributed by atoms with E-state index in [9.17, 15) is 0 Å². The summed E-state index contributed by atoms with van der Waals surface area (Å²) in [6, 6.07) is 20.5. The van der Waals surface area contributed by atoms with Crippen LogP contribution in [0, 0.1) is 20.8 Å². The zero-order chi connectivity index (χ0) is 25.5. The fourth-order valence-corrected chi connectivity index (χ4v) is 7.93. The summed E-state index contributed by atoms with van der Waals surface area (Å²) in [4.78, 5) is 5.20. The third-order valence-electron chi connectivity index (χ3n) is 8.92. The number of nitrogens with zero attached hydrogens (tertiary/aromatic N) is 1. The van der Waals surface area contributed by atoms with Gasteiger partial charge in [-0.2, -0.15) is 0 Å². The Bertz CT molecular complexity index is 1390. The van der Waals surface area contributed by atoms with Crippen LogP contribution < -0.4 is 0 Å². The highest BCUT2D eigenvalue weighted by atomic mass is 16.5. The number of aryl methyl sites for hydroxylation is 3. The van der Waals surface area contributed by atoms with Gasteiger partial charge in [0, 0.05) is 11.0 Å². The molecule has 0 N–H and O–H groups in total. The number of ether oxygens (including phenoxy) is 1. The second kappa shape index (κ2) is 7.81. The standard InChI is InChI=1S/C34H39NO/c1-21-13-23(3)29-27(15-21)32(4,5)19-34(29)20-33(6,7)28-16-22(2)14-26(30(28)34)31-35-25(18-36-31)17-24-11-9-8-10-12-24/h8-16,25H,17-20H2,1-7H3/t25-,34-/m0/s1. The van der Waals surface area contributed by atoms with Crippen LogP contribution in [-0.2, 0) is 27.4 Å². The summed E-state index contributed by atoms with van der Waals surface area (Å²) < 4.78 is 6.41. The van der Waals surface area contributed by atoms with Crippen LogP contribution >= 0.6 is 0 Å². The van der Waals surface area contributed by atoms with E-state index in [0.29, 0.717) is 6.61 Å². The van der Waals surface area contributed by atoms with Crippen molar-refractivity contribution in [2.45, 2.75) is 90.0 Å². The average Bonchev–Trinajstić information content (AvgIpc) is 3.40. The summed E-state index contributed by atoms with van der Waals surface area (Å²) in [7, 11) is 0. The fraction of sp³-hybridized carbons (Fsp3) is 0.441. The van der Waals surface area contributed by atoms with Crippen LogP contribution in [0.3, 0.4) is 0 Å². The molecule has 1 aliphatic heterocycles. The van der Waals surface area contributed by atoms with Crippen LogP contribution in [0.15, 0.2) is 59.6 Å². The minimum Gasteiger partial charge on any atom is -0.475 e. The molecule has 0 saturated carbocycles. The van der Waals surface area contributed by atoms with E-state index in [4.69, 9.17) is 9.73 Å². The van der Waals surface area contributed by atoms with Gasteiger partial charge in [-0.1, -0.05) is 87.4 Å². The summed E-state index contributed by atoms with van der Waals surface area (Å²) >= 11 is 0. The topological polar surface area (TPSA) is 21.6 Å². The van der Waals surface area contributed by atoms with Crippen LogP contribution in [0.5, 0.6) is 0 Å². The van der Waals surface area contributed by atoms with E-state index in [1.807, 2.05) is 0 Å². The van der Waals surface area contributed by atoms with Gasteiger partial charge < -0.3 is 4.74 Å². The van der Waals surface area contributed by atoms with Crippen LogP contribution in [0.25, 0.3) is 0 Å². The first kappa shape index (κ1) is 23.5. The Labute approximate surface area is 216 Å². The maximum atomic E-state index is 6.41. The number of hydrogen-bond acceptors (Lipinski definition) is 2. The lowest BCUT2D eigenvalue weighted by Gasteiger charge is -2.32. The zero-order valence-electron chi connectivity index (χ0n) is 23.0. The molecule has 0 radical (unpaired) electrons. The summed E-state index contributed by atoms with van der Waals surface area (Å²) in [6.07, 6.45) is 3.18. The second-order valence-corrected chi connectivity index (χ2v) is 13.0. The first-order valence-electron chi connectivity index (χ1n) is 13.5. The molecular weight excluding hydrogens is 438 g/mol. The van der Waals surface area contributed by atoms with E-state index in [1.165, 1.54) is 44.5 Å². The zero-order valence-corrected chi connectivity index (χ0v) is 23.0. The van der Waals surface area contributed by atoms with E-state index in [1.54, 1.807) is 5.56 Å². The summed E-state index contributed by atoms with van der Waals surface area (Å²) in [5.41, 5.74) is 12.9. The van der Waals surface area contributed by atoms with Crippen molar-refractivity contribution in [1.29, 1.82) is 0 Å². The molecule has 3 aromatic rings. The molecule has 3 aliphatic rings. The van der Waals surface area contributed by atoms with Gasteiger partial charge in [-0.05, 0) is 90.3 Å². The van der Waals surface area contributed by atoms with Gasteiger partial charge in [0.15, 0.2) is 0 Å². The van der Waals surface area contributed by atoms with Crippen LogP contribution in [0.1, 0.15) is 90.6 Å². The molecule has 0 fully saturated rings. The Morgan fingerprint density at radius 1 is 0.806 bits per heavy atom. The Balaban J connectivity index is 1.54. The van der Waals surface area contributed by atoms with E-state index < -0.39 is 0 Å². The Morgan fingerprint density at radius 2 is 1.42 bits per heavy atom. The van der Waals surface area contributed by atoms with E-state index >= 15 is 0 Å². The molecule has 0 aromatic heterocycles. The quantitative estimate of drug-likeness (QED) is 0.380. The Kier molecular flexibility index (Phi) is 5.11. The summed E-state index contributed by atoms with van der Waals surface area (Å²) in [5.74, 6) is 0.851. The summed E-state index contributed by atoms with van der Waals surface area (Å²) in [5, 5.41) is 0. The molecule has 36 heavy (non-hydrogen) atoms. The molecule has 2 heteroatoms. The number of benzene rings is 3. The molecule has 6 rings (SSSR count). The van der Waals surface area contributed by atoms with Gasteiger partial charge in [0.05, 0.1) is 6.04 Å². The van der Waals surface area contributed by atoms with E-state index in [0.717, 1.165) is 25.2 Å². The van der Waals surface area contributed by atoms with Crippen molar-refractivity contribution in [2.24, 2.45) is 4.99 Å². The van der Waals surface area contributed by atoms with Gasteiger partial charge >= 0.3 is 0 Å². The molecular formula is C34H39NO. The van der Waals surface area contributed by atoms with Crippen molar-refractivity contribution in [1.82, 2.24) is 0 Å². The van der Waals surface area contributed by atoms with Crippen LogP contribution in [-0.4, -0.2) is 18.5 Å². The molecule has 186 valence electrons. The van der Waals surface area contributed by atoms with Crippen molar-refractivity contribution in [3.05, 3.63) is 105 Å². The fourth-order valence-electron chi connectivity index (χ4n) is 7.93. The lowest BCUT2D eigenvalue weighted by Crippen LogP contribution is -2.29.